The highest BCUT2D eigenvalue weighted by Crippen LogP contribution is 2.23. The van der Waals surface area contributed by atoms with Gasteiger partial charge in [-0.25, -0.2) is 9.97 Å². The van der Waals surface area contributed by atoms with Crippen LogP contribution in [-0.4, -0.2) is 15.1 Å². The summed E-state index contributed by atoms with van der Waals surface area (Å²) in [4.78, 5) is 8.22. The van der Waals surface area contributed by atoms with Crippen molar-refractivity contribution in [3.05, 3.63) is 58.1 Å². The Balaban J connectivity index is 2.18. The normalized spacial score (nSPS) is 12.4. The molecule has 4 heteroatoms. The molecule has 2 aromatic rings. The predicted octanol–water partition coefficient (Wildman–Crippen LogP) is 3.02. The summed E-state index contributed by atoms with van der Waals surface area (Å²) in [6.45, 7) is 3.79. The first kappa shape index (κ1) is 13.0. The third-order valence-electron chi connectivity index (χ3n) is 2.76. The Hall–Kier alpha value is -1.45. The molecule has 1 unspecified atom stereocenters. The van der Waals surface area contributed by atoms with Crippen molar-refractivity contribution in [2.75, 3.05) is 0 Å². The molecule has 0 saturated heterocycles. The SMILES string of the molecule is Cc1ccc(CC(O)c2ccnc(C)n2)c(Cl)c1. The fourth-order valence-corrected chi connectivity index (χ4v) is 2.10. The number of aliphatic hydroxyl groups excluding tert-OH is 1. The Labute approximate surface area is 111 Å². The predicted molar refractivity (Wildman–Crippen MR) is 71.6 cm³/mol. The molecule has 0 aliphatic rings. The van der Waals surface area contributed by atoms with E-state index >= 15 is 0 Å². The van der Waals surface area contributed by atoms with Crippen LogP contribution in [0.4, 0.5) is 0 Å². The lowest BCUT2D eigenvalue weighted by Crippen LogP contribution is -2.06. The summed E-state index contributed by atoms with van der Waals surface area (Å²) >= 11 is 6.15. The van der Waals surface area contributed by atoms with Gasteiger partial charge in [0.2, 0.25) is 0 Å². The maximum absolute atomic E-state index is 10.1. The molecule has 1 N–H and O–H groups in total. The van der Waals surface area contributed by atoms with E-state index in [1.807, 2.05) is 25.1 Å². The van der Waals surface area contributed by atoms with E-state index in [1.165, 1.54) is 0 Å². The molecule has 1 heterocycles. The molecule has 2 rings (SSSR count). The molecular weight excluding hydrogens is 248 g/mol. The number of hydrogen-bond acceptors (Lipinski definition) is 3. The molecule has 0 aliphatic carbocycles. The lowest BCUT2D eigenvalue weighted by molar-refractivity contribution is 0.173. The summed E-state index contributed by atoms with van der Waals surface area (Å²) in [5.41, 5.74) is 2.65. The van der Waals surface area contributed by atoms with Crippen LogP contribution >= 0.6 is 11.6 Å². The zero-order chi connectivity index (χ0) is 13.1. The third kappa shape index (κ3) is 3.06. The smallest absolute Gasteiger partial charge is 0.125 e. The minimum atomic E-state index is -0.660. The maximum atomic E-state index is 10.1. The average molecular weight is 263 g/mol. The molecule has 18 heavy (non-hydrogen) atoms. The second kappa shape index (κ2) is 5.46. The molecule has 0 radical (unpaired) electrons. The van der Waals surface area contributed by atoms with Crippen LogP contribution in [0, 0.1) is 13.8 Å². The molecule has 0 bridgehead atoms. The van der Waals surface area contributed by atoms with E-state index in [9.17, 15) is 5.11 Å². The van der Waals surface area contributed by atoms with Gasteiger partial charge in [-0.1, -0.05) is 23.7 Å². The van der Waals surface area contributed by atoms with Gasteiger partial charge in [0, 0.05) is 17.6 Å². The van der Waals surface area contributed by atoms with Crippen molar-refractivity contribution >= 4 is 11.6 Å². The fraction of sp³-hybridized carbons (Fsp3) is 0.286. The summed E-state index contributed by atoms with van der Waals surface area (Å²) in [5, 5.41) is 10.8. The quantitative estimate of drug-likeness (QED) is 0.925. The Kier molecular flexibility index (Phi) is 3.94. The van der Waals surface area contributed by atoms with Crippen LogP contribution in [0.5, 0.6) is 0 Å². The van der Waals surface area contributed by atoms with Gasteiger partial charge in [0.15, 0.2) is 0 Å². The number of aliphatic hydroxyl groups is 1. The van der Waals surface area contributed by atoms with Crippen LogP contribution in [0.15, 0.2) is 30.5 Å². The number of aryl methyl sites for hydroxylation is 2. The van der Waals surface area contributed by atoms with Crippen LogP contribution < -0.4 is 0 Å². The topological polar surface area (TPSA) is 46.0 Å². The van der Waals surface area contributed by atoms with Gasteiger partial charge in [0.25, 0.3) is 0 Å². The van der Waals surface area contributed by atoms with E-state index in [2.05, 4.69) is 9.97 Å². The first-order chi connectivity index (χ1) is 8.56. The van der Waals surface area contributed by atoms with Gasteiger partial charge >= 0.3 is 0 Å². The minimum absolute atomic E-state index is 0.454. The standard InChI is InChI=1S/C14H15ClN2O/c1-9-3-4-11(12(15)7-9)8-14(18)13-5-6-16-10(2)17-13/h3-7,14,18H,8H2,1-2H3. The molecule has 1 aromatic heterocycles. The highest BCUT2D eigenvalue weighted by Gasteiger charge is 2.12. The van der Waals surface area contributed by atoms with E-state index in [4.69, 9.17) is 11.6 Å². The van der Waals surface area contributed by atoms with Crippen molar-refractivity contribution in [3.63, 3.8) is 0 Å². The molecule has 0 fully saturated rings. The summed E-state index contributed by atoms with van der Waals surface area (Å²) in [5.74, 6) is 0.654. The van der Waals surface area contributed by atoms with Crippen LogP contribution in [0.2, 0.25) is 5.02 Å². The zero-order valence-electron chi connectivity index (χ0n) is 10.4. The van der Waals surface area contributed by atoms with Crippen LogP contribution in [0.25, 0.3) is 0 Å². The number of rotatable bonds is 3. The van der Waals surface area contributed by atoms with Gasteiger partial charge in [-0.2, -0.15) is 0 Å². The van der Waals surface area contributed by atoms with Gasteiger partial charge in [-0.05, 0) is 37.1 Å². The molecule has 0 aliphatic heterocycles. The number of aromatic nitrogens is 2. The Morgan fingerprint density at radius 3 is 2.72 bits per heavy atom. The van der Waals surface area contributed by atoms with E-state index in [1.54, 1.807) is 19.2 Å². The maximum Gasteiger partial charge on any atom is 0.125 e. The Morgan fingerprint density at radius 2 is 2.06 bits per heavy atom. The summed E-state index contributed by atoms with van der Waals surface area (Å²) < 4.78 is 0. The van der Waals surface area contributed by atoms with Gasteiger partial charge < -0.3 is 5.11 Å². The number of hydrogen-bond donors (Lipinski definition) is 1. The average Bonchev–Trinajstić information content (AvgIpc) is 2.32. The van der Waals surface area contributed by atoms with Gasteiger partial charge in [-0.3, -0.25) is 0 Å². The van der Waals surface area contributed by atoms with Crippen molar-refractivity contribution < 1.29 is 5.11 Å². The fourth-order valence-electron chi connectivity index (χ4n) is 1.79. The van der Waals surface area contributed by atoms with Crippen molar-refractivity contribution in [2.45, 2.75) is 26.4 Å². The lowest BCUT2D eigenvalue weighted by atomic mass is 10.0. The minimum Gasteiger partial charge on any atom is -0.386 e. The first-order valence-electron chi connectivity index (χ1n) is 5.79. The molecule has 0 amide bonds. The Bertz CT molecular complexity index is 557. The molecule has 1 aromatic carbocycles. The second-order valence-corrected chi connectivity index (χ2v) is 4.75. The number of nitrogens with zero attached hydrogens (tertiary/aromatic N) is 2. The summed E-state index contributed by atoms with van der Waals surface area (Å²) in [6.07, 6.45) is 1.44. The van der Waals surface area contributed by atoms with Gasteiger partial charge in [-0.15, -0.1) is 0 Å². The van der Waals surface area contributed by atoms with Crippen molar-refractivity contribution in [1.29, 1.82) is 0 Å². The third-order valence-corrected chi connectivity index (χ3v) is 3.11. The molecule has 0 spiro atoms. The Morgan fingerprint density at radius 1 is 1.28 bits per heavy atom. The highest BCUT2D eigenvalue weighted by atomic mass is 35.5. The molecular formula is C14H15ClN2O. The van der Waals surface area contributed by atoms with E-state index in [0.717, 1.165) is 11.1 Å². The second-order valence-electron chi connectivity index (χ2n) is 4.34. The first-order valence-corrected chi connectivity index (χ1v) is 6.16. The van der Waals surface area contributed by atoms with E-state index in [0.29, 0.717) is 23.0 Å². The van der Waals surface area contributed by atoms with Crippen LogP contribution in [0.1, 0.15) is 28.7 Å². The largest absolute Gasteiger partial charge is 0.386 e. The van der Waals surface area contributed by atoms with Gasteiger partial charge in [0.05, 0.1) is 5.69 Å². The van der Waals surface area contributed by atoms with Crippen molar-refractivity contribution in [3.8, 4) is 0 Å². The number of benzene rings is 1. The van der Waals surface area contributed by atoms with Crippen LogP contribution in [-0.2, 0) is 6.42 Å². The highest BCUT2D eigenvalue weighted by molar-refractivity contribution is 6.31. The van der Waals surface area contributed by atoms with Crippen molar-refractivity contribution in [1.82, 2.24) is 9.97 Å². The number of halogens is 1. The molecule has 1 atom stereocenters. The molecule has 3 nitrogen and oxygen atoms in total. The van der Waals surface area contributed by atoms with Gasteiger partial charge in [0.1, 0.15) is 11.9 Å². The van der Waals surface area contributed by atoms with E-state index < -0.39 is 6.10 Å². The molecule has 94 valence electrons. The van der Waals surface area contributed by atoms with Crippen molar-refractivity contribution in [2.24, 2.45) is 0 Å². The summed E-state index contributed by atoms with van der Waals surface area (Å²) in [6, 6.07) is 7.54. The van der Waals surface area contributed by atoms with Crippen LogP contribution in [0.3, 0.4) is 0 Å². The monoisotopic (exact) mass is 262 g/mol. The lowest BCUT2D eigenvalue weighted by Gasteiger charge is -2.12. The molecule has 0 saturated carbocycles. The van der Waals surface area contributed by atoms with E-state index in [-0.39, 0.29) is 0 Å². The zero-order valence-corrected chi connectivity index (χ0v) is 11.1. The summed E-state index contributed by atoms with van der Waals surface area (Å²) in [7, 11) is 0.